The van der Waals surface area contributed by atoms with E-state index < -0.39 is 7.82 Å². The summed E-state index contributed by atoms with van der Waals surface area (Å²) in [7, 11) is -4.32. The first kappa shape index (κ1) is 12.8. The highest BCUT2D eigenvalue weighted by Crippen LogP contribution is 2.42. The number of hydrogen-bond acceptors (Lipinski definition) is 4. The molecule has 0 aliphatic rings. The van der Waals surface area contributed by atoms with Crippen LogP contribution in [0.3, 0.4) is 0 Å². The summed E-state index contributed by atoms with van der Waals surface area (Å²) in [6.07, 6.45) is 0.744. The smallest absolute Gasteiger partial charge is 0.302 e. The molecule has 0 heterocycles. The number of rotatable bonds is 5. The first-order valence-electron chi connectivity index (χ1n) is 3.40. The number of hydrogen-bond donors (Lipinski definition) is 3. The van der Waals surface area contributed by atoms with E-state index in [1.54, 1.807) is 0 Å². The van der Waals surface area contributed by atoms with Gasteiger partial charge in [-0.3, -0.25) is 0 Å². The molecule has 0 spiro atoms. The van der Waals surface area contributed by atoms with Gasteiger partial charge in [-0.15, -0.1) is 0 Å². The van der Waals surface area contributed by atoms with Crippen molar-refractivity contribution in [3.8, 4) is 0 Å². The van der Waals surface area contributed by atoms with Crippen molar-refractivity contribution in [3.63, 3.8) is 0 Å². The quantitative estimate of drug-likeness (QED) is 0.383. The molecule has 0 aliphatic carbocycles. The fraction of sp³-hybridized carbons (Fsp3) is 1.00. The lowest BCUT2D eigenvalue weighted by molar-refractivity contribution is 0.297. The molecule has 2 N–H and O–H groups in total. The lowest BCUT2D eigenvalue weighted by Gasteiger charge is -2.12. The van der Waals surface area contributed by atoms with Crippen molar-refractivity contribution in [2.75, 3.05) is 0 Å². The van der Waals surface area contributed by atoms with Crippen molar-refractivity contribution in [1.82, 2.24) is 0 Å². The zero-order valence-corrected chi connectivity index (χ0v) is 9.48. The fourth-order valence-corrected chi connectivity index (χ4v) is 2.51. The first-order valence-corrected chi connectivity index (χ1v) is 6.25. The number of phosphoric acid groups is 1. The van der Waals surface area contributed by atoms with Gasteiger partial charge in [0.1, 0.15) is 0 Å². The zero-order valence-electron chi connectivity index (χ0n) is 6.88. The Labute approximate surface area is 81.9 Å². The van der Waals surface area contributed by atoms with Crippen LogP contribution in [0.5, 0.6) is 0 Å². The minimum atomic E-state index is -4.32. The van der Waals surface area contributed by atoms with E-state index in [0.717, 1.165) is 18.5 Å². The number of thiol groups is 1. The molecule has 0 fully saturated rings. The molecule has 0 amide bonds. The molecule has 0 bridgehead atoms. The van der Waals surface area contributed by atoms with E-state index >= 15 is 0 Å². The lowest BCUT2D eigenvalue weighted by atomic mass is 10.3. The van der Waals surface area contributed by atoms with Gasteiger partial charge in [0.25, 0.3) is 0 Å². The van der Waals surface area contributed by atoms with Gasteiger partial charge in [-0.25, -0.2) is 8.54 Å². The van der Waals surface area contributed by atoms with Crippen molar-refractivity contribution < 1.29 is 18.3 Å². The van der Waals surface area contributed by atoms with E-state index in [2.05, 4.69) is 16.6 Å². The maximum absolute atomic E-state index is 10.3. The summed E-state index contributed by atoms with van der Waals surface area (Å²) in [5.74, 6) is 0. The molecule has 74 valence electrons. The highest BCUT2D eigenvalue weighted by molar-refractivity contribution is 7.98. The average molecular weight is 232 g/mol. The first-order chi connectivity index (χ1) is 5.31. The van der Waals surface area contributed by atoms with Crippen LogP contribution in [-0.4, -0.2) is 20.3 Å². The molecule has 0 rings (SSSR count). The van der Waals surface area contributed by atoms with Gasteiger partial charge in [0.15, 0.2) is 0 Å². The van der Waals surface area contributed by atoms with Crippen LogP contribution in [0.2, 0.25) is 0 Å². The Hall–Kier alpha value is 0.810. The van der Waals surface area contributed by atoms with Crippen molar-refractivity contribution in [2.24, 2.45) is 0 Å². The second kappa shape index (κ2) is 5.52. The van der Waals surface area contributed by atoms with Crippen molar-refractivity contribution in [3.05, 3.63) is 0 Å². The molecule has 0 saturated heterocycles. The summed E-state index contributed by atoms with van der Waals surface area (Å²) in [5, 5.41) is 0.234. The molecule has 2 atom stereocenters. The van der Waals surface area contributed by atoms with E-state index in [4.69, 9.17) is 9.79 Å². The Morgan fingerprint density at radius 1 is 1.58 bits per heavy atom. The Bertz CT molecular complexity index is 169. The van der Waals surface area contributed by atoms with Crippen LogP contribution in [-0.2, 0) is 8.54 Å². The third kappa shape index (κ3) is 8.90. The Kier molecular flexibility index (Phi) is 5.89. The van der Waals surface area contributed by atoms with Crippen LogP contribution in [0, 0.1) is 0 Å². The summed E-state index contributed by atoms with van der Waals surface area (Å²) in [6, 6.07) is 0. The van der Waals surface area contributed by atoms with E-state index in [1.807, 2.05) is 13.8 Å². The summed E-state index contributed by atoms with van der Waals surface area (Å²) in [5.41, 5.74) is 0. The average Bonchev–Trinajstić information content (AvgIpc) is 1.80. The second-order valence-corrected chi connectivity index (χ2v) is 6.01. The largest absolute Gasteiger partial charge is 0.480 e. The molecule has 0 aromatic carbocycles. The minimum absolute atomic E-state index is 0.0325. The Balaban J connectivity index is 3.58. The second-order valence-electron chi connectivity index (χ2n) is 2.56. The maximum atomic E-state index is 10.3. The molecule has 0 aliphatic heterocycles. The van der Waals surface area contributed by atoms with Gasteiger partial charge in [0.05, 0.1) is 0 Å². The molecule has 4 nitrogen and oxygen atoms in total. The summed E-state index contributed by atoms with van der Waals surface area (Å²) >= 11 is 4.94. The van der Waals surface area contributed by atoms with E-state index in [0.29, 0.717) is 0 Å². The molecule has 7 heteroatoms. The van der Waals surface area contributed by atoms with Crippen LogP contribution < -0.4 is 0 Å². The molecule has 0 aromatic heterocycles. The monoisotopic (exact) mass is 232 g/mol. The highest BCUT2D eigenvalue weighted by Gasteiger charge is 2.17. The third-order valence-corrected chi connectivity index (χ3v) is 2.83. The fourth-order valence-electron chi connectivity index (χ4n) is 0.649. The topological polar surface area (TPSA) is 66.8 Å². The normalized spacial score (nSPS) is 17.4. The molecule has 2 unspecified atom stereocenters. The van der Waals surface area contributed by atoms with Gasteiger partial charge in [0, 0.05) is 17.3 Å². The zero-order chi connectivity index (χ0) is 9.78. The van der Waals surface area contributed by atoms with E-state index in [1.165, 1.54) is 0 Å². The van der Waals surface area contributed by atoms with Crippen LogP contribution in [0.15, 0.2) is 0 Å². The van der Waals surface area contributed by atoms with E-state index in [-0.39, 0.29) is 10.5 Å². The minimum Gasteiger partial charge on any atom is -0.302 e. The Morgan fingerprint density at radius 3 is 2.42 bits per heavy atom. The Morgan fingerprint density at radius 2 is 2.08 bits per heavy atom. The van der Waals surface area contributed by atoms with Crippen LogP contribution >= 0.6 is 32.5 Å². The standard InChI is InChI=1S/C5H13O4PS2/c1-4(11)3-5(2)12-9-10(6,7)8/h4-5,11H,3H2,1-2H3,(H2,6,7,8). The van der Waals surface area contributed by atoms with Crippen molar-refractivity contribution in [1.29, 1.82) is 0 Å². The highest BCUT2D eigenvalue weighted by atomic mass is 32.2. The van der Waals surface area contributed by atoms with Gasteiger partial charge >= 0.3 is 7.82 Å². The van der Waals surface area contributed by atoms with Crippen molar-refractivity contribution >= 4 is 32.5 Å². The molecular weight excluding hydrogens is 219 g/mol. The van der Waals surface area contributed by atoms with E-state index in [9.17, 15) is 4.57 Å². The summed E-state index contributed by atoms with van der Waals surface area (Å²) < 4.78 is 14.5. The molecule has 0 aromatic rings. The molecular formula is C5H13O4PS2. The van der Waals surface area contributed by atoms with Crippen LogP contribution in [0.1, 0.15) is 20.3 Å². The van der Waals surface area contributed by atoms with Crippen LogP contribution in [0.4, 0.5) is 0 Å². The predicted octanol–water partition coefficient (Wildman–Crippen LogP) is 1.84. The van der Waals surface area contributed by atoms with Gasteiger partial charge in [0.2, 0.25) is 0 Å². The van der Waals surface area contributed by atoms with Gasteiger partial charge in [-0.1, -0.05) is 13.8 Å². The lowest BCUT2D eigenvalue weighted by Crippen LogP contribution is -2.03. The summed E-state index contributed by atoms with van der Waals surface area (Å²) in [4.78, 5) is 16.7. The molecule has 0 saturated carbocycles. The summed E-state index contributed by atoms with van der Waals surface area (Å²) in [6.45, 7) is 3.74. The molecule has 0 radical (unpaired) electrons. The molecule has 12 heavy (non-hydrogen) atoms. The van der Waals surface area contributed by atoms with Crippen molar-refractivity contribution in [2.45, 2.75) is 30.8 Å². The van der Waals surface area contributed by atoms with Crippen LogP contribution in [0.25, 0.3) is 0 Å². The van der Waals surface area contributed by atoms with Gasteiger partial charge in [-0.2, -0.15) is 12.6 Å². The SMILES string of the molecule is CC(S)CC(C)SOP(=O)(O)O. The third-order valence-electron chi connectivity index (χ3n) is 0.977. The van der Waals surface area contributed by atoms with Gasteiger partial charge in [-0.05, 0) is 11.7 Å². The van der Waals surface area contributed by atoms with Gasteiger partial charge < -0.3 is 9.79 Å². The predicted molar refractivity (Wildman–Crippen MR) is 53.2 cm³/mol. The maximum Gasteiger partial charge on any atom is 0.480 e.